The van der Waals surface area contributed by atoms with Crippen molar-refractivity contribution in [1.82, 2.24) is 4.90 Å². The SMILES string of the molecule is Cc1ccc(CN(C)CC2CCCCCC2N)cc1. The molecule has 2 heteroatoms. The molecule has 1 aromatic rings. The van der Waals surface area contributed by atoms with Crippen LogP contribution < -0.4 is 5.73 Å². The van der Waals surface area contributed by atoms with Crippen LogP contribution in [0.2, 0.25) is 0 Å². The van der Waals surface area contributed by atoms with Gasteiger partial charge < -0.3 is 10.6 Å². The van der Waals surface area contributed by atoms with E-state index in [1.165, 1.54) is 43.2 Å². The molecule has 0 radical (unpaired) electrons. The first kappa shape index (κ1) is 14.5. The first-order valence-corrected chi connectivity index (χ1v) is 7.65. The van der Waals surface area contributed by atoms with Crippen molar-refractivity contribution in [2.75, 3.05) is 13.6 Å². The molecule has 1 aliphatic carbocycles. The molecule has 2 atom stereocenters. The standard InChI is InChI=1S/C17H28N2/c1-14-8-10-15(11-9-14)12-19(2)13-16-6-4-3-5-7-17(16)18/h8-11,16-17H,3-7,12-13,18H2,1-2H3. The van der Waals surface area contributed by atoms with Gasteiger partial charge in [-0.15, -0.1) is 0 Å². The van der Waals surface area contributed by atoms with Crippen molar-refractivity contribution in [1.29, 1.82) is 0 Å². The van der Waals surface area contributed by atoms with Gasteiger partial charge in [0.25, 0.3) is 0 Å². The molecule has 2 N–H and O–H groups in total. The Bertz CT molecular complexity index is 371. The summed E-state index contributed by atoms with van der Waals surface area (Å²) in [5.74, 6) is 0.679. The fourth-order valence-corrected chi connectivity index (χ4v) is 3.11. The van der Waals surface area contributed by atoms with Crippen LogP contribution in [0.1, 0.15) is 43.2 Å². The van der Waals surface area contributed by atoms with Crippen LogP contribution in [0, 0.1) is 12.8 Å². The molecule has 0 aromatic heterocycles. The van der Waals surface area contributed by atoms with E-state index in [0.29, 0.717) is 12.0 Å². The third-order valence-corrected chi connectivity index (χ3v) is 4.34. The number of rotatable bonds is 4. The number of benzene rings is 1. The minimum Gasteiger partial charge on any atom is -0.327 e. The Morgan fingerprint density at radius 2 is 1.79 bits per heavy atom. The summed E-state index contributed by atoms with van der Waals surface area (Å²) >= 11 is 0. The second-order valence-corrected chi connectivity index (χ2v) is 6.24. The van der Waals surface area contributed by atoms with Crippen molar-refractivity contribution in [2.45, 2.75) is 51.6 Å². The molecule has 1 aliphatic rings. The molecular weight excluding hydrogens is 232 g/mol. The second kappa shape index (κ2) is 7.06. The largest absolute Gasteiger partial charge is 0.327 e. The van der Waals surface area contributed by atoms with Crippen LogP contribution in [-0.2, 0) is 6.54 Å². The highest BCUT2D eigenvalue weighted by Gasteiger charge is 2.21. The molecule has 106 valence electrons. The molecule has 0 amide bonds. The highest BCUT2D eigenvalue weighted by atomic mass is 15.1. The summed E-state index contributed by atoms with van der Waals surface area (Å²) in [7, 11) is 2.22. The van der Waals surface area contributed by atoms with Gasteiger partial charge in [0.1, 0.15) is 0 Å². The van der Waals surface area contributed by atoms with Gasteiger partial charge in [-0.2, -0.15) is 0 Å². The van der Waals surface area contributed by atoms with Gasteiger partial charge in [-0.25, -0.2) is 0 Å². The fraction of sp³-hybridized carbons (Fsp3) is 0.647. The summed E-state index contributed by atoms with van der Waals surface area (Å²) in [5, 5.41) is 0. The van der Waals surface area contributed by atoms with E-state index in [9.17, 15) is 0 Å². The molecule has 2 rings (SSSR count). The molecule has 1 fully saturated rings. The van der Waals surface area contributed by atoms with Crippen molar-refractivity contribution >= 4 is 0 Å². The predicted octanol–water partition coefficient (Wildman–Crippen LogP) is 3.33. The van der Waals surface area contributed by atoms with Crippen LogP contribution in [0.15, 0.2) is 24.3 Å². The highest BCUT2D eigenvalue weighted by Crippen LogP contribution is 2.23. The van der Waals surface area contributed by atoms with Crippen LogP contribution in [-0.4, -0.2) is 24.5 Å². The minimum atomic E-state index is 0.406. The van der Waals surface area contributed by atoms with Gasteiger partial charge in [0, 0.05) is 19.1 Å². The molecule has 0 heterocycles. The Morgan fingerprint density at radius 1 is 1.11 bits per heavy atom. The van der Waals surface area contributed by atoms with Gasteiger partial charge >= 0.3 is 0 Å². The first-order chi connectivity index (χ1) is 9.15. The molecule has 2 nitrogen and oxygen atoms in total. The average molecular weight is 260 g/mol. The smallest absolute Gasteiger partial charge is 0.0230 e. The lowest BCUT2D eigenvalue weighted by molar-refractivity contribution is 0.237. The van der Waals surface area contributed by atoms with E-state index in [2.05, 4.69) is 43.1 Å². The Morgan fingerprint density at radius 3 is 2.53 bits per heavy atom. The van der Waals surface area contributed by atoms with Gasteiger partial charge in [-0.05, 0) is 38.3 Å². The summed E-state index contributed by atoms with van der Waals surface area (Å²) in [6, 6.07) is 9.27. The molecule has 0 saturated heterocycles. The lowest BCUT2D eigenvalue weighted by Gasteiger charge is -2.27. The summed E-state index contributed by atoms with van der Waals surface area (Å²) in [6.45, 7) is 4.30. The van der Waals surface area contributed by atoms with Crippen molar-refractivity contribution in [3.05, 3.63) is 35.4 Å². The topological polar surface area (TPSA) is 29.3 Å². The fourth-order valence-electron chi connectivity index (χ4n) is 3.11. The molecular formula is C17H28N2. The molecule has 0 bridgehead atoms. The lowest BCUT2D eigenvalue weighted by Crippen LogP contribution is -2.37. The molecule has 2 unspecified atom stereocenters. The summed E-state index contributed by atoms with van der Waals surface area (Å²) in [5.41, 5.74) is 9.04. The van der Waals surface area contributed by atoms with Crippen molar-refractivity contribution in [3.63, 3.8) is 0 Å². The Hall–Kier alpha value is -0.860. The third-order valence-electron chi connectivity index (χ3n) is 4.34. The van der Waals surface area contributed by atoms with Gasteiger partial charge in [-0.3, -0.25) is 0 Å². The Balaban J connectivity index is 1.85. The molecule has 1 saturated carbocycles. The van der Waals surface area contributed by atoms with E-state index in [4.69, 9.17) is 5.73 Å². The van der Waals surface area contributed by atoms with E-state index in [1.54, 1.807) is 0 Å². The summed E-state index contributed by atoms with van der Waals surface area (Å²) < 4.78 is 0. The summed E-state index contributed by atoms with van der Waals surface area (Å²) in [6.07, 6.45) is 6.56. The number of nitrogens with two attached hydrogens (primary N) is 1. The maximum atomic E-state index is 6.31. The monoisotopic (exact) mass is 260 g/mol. The van der Waals surface area contributed by atoms with Crippen LogP contribution >= 0.6 is 0 Å². The van der Waals surface area contributed by atoms with E-state index in [0.717, 1.165) is 13.1 Å². The van der Waals surface area contributed by atoms with Gasteiger partial charge in [0.05, 0.1) is 0 Å². The Labute approximate surface area is 118 Å². The normalized spacial score (nSPS) is 24.4. The van der Waals surface area contributed by atoms with Crippen molar-refractivity contribution in [3.8, 4) is 0 Å². The maximum Gasteiger partial charge on any atom is 0.0230 e. The highest BCUT2D eigenvalue weighted by molar-refractivity contribution is 5.21. The minimum absolute atomic E-state index is 0.406. The number of aryl methyl sites for hydroxylation is 1. The van der Waals surface area contributed by atoms with E-state index in [-0.39, 0.29) is 0 Å². The van der Waals surface area contributed by atoms with Gasteiger partial charge in [0.15, 0.2) is 0 Å². The van der Waals surface area contributed by atoms with Crippen LogP contribution in [0.25, 0.3) is 0 Å². The van der Waals surface area contributed by atoms with E-state index >= 15 is 0 Å². The molecule has 0 aliphatic heterocycles. The quantitative estimate of drug-likeness (QED) is 0.841. The molecule has 1 aromatic carbocycles. The van der Waals surface area contributed by atoms with Crippen molar-refractivity contribution in [2.24, 2.45) is 11.7 Å². The number of hydrogen-bond donors (Lipinski definition) is 1. The zero-order valence-electron chi connectivity index (χ0n) is 12.4. The Kier molecular flexibility index (Phi) is 5.41. The predicted molar refractivity (Wildman–Crippen MR) is 82.1 cm³/mol. The number of nitrogens with zero attached hydrogens (tertiary/aromatic N) is 1. The lowest BCUT2D eigenvalue weighted by atomic mass is 9.95. The van der Waals surface area contributed by atoms with Gasteiger partial charge in [0.2, 0.25) is 0 Å². The maximum absolute atomic E-state index is 6.31. The van der Waals surface area contributed by atoms with E-state index < -0.39 is 0 Å². The van der Waals surface area contributed by atoms with Crippen molar-refractivity contribution < 1.29 is 0 Å². The van der Waals surface area contributed by atoms with E-state index in [1.807, 2.05) is 0 Å². The average Bonchev–Trinajstić information content (AvgIpc) is 2.58. The second-order valence-electron chi connectivity index (χ2n) is 6.24. The zero-order valence-corrected chi connectivity index (χ0v) is 12.4. The van der Waals surface area contributed by atoms with Crippen LogP contribution in [0.4, 0.5) is 0 Å². The molecule has 0 spiro atoms. The van der Waals surface area contributed by atoms with Gasteiger partial charge in [-0.1, -0.05) is 49.1 Å². The number of hydrogen-bond acceptors (Lipinski definition) is 2. The van der Waals surface area contributed by atoms with Crippen LogP contribution in [0.3, 0.4) is 0 Å². The van der Waals surface area contributed by atoms with Crippen LogP contribution in [0.5, 0.6) is 0 Å². The zero-order chi connectivity index (χ0) is 13.7. The third kappa shape index (κ3) is 4.63. The molecule has 19 heavy (non-hydrogen) atoms. The summed E-state index contributed by atoms with van der Waals surface area (Å²) in [4.78, 5) is 2.43. The first-order valence-electron chi connectivity index (χ1n) is 7.65.